The molecule has 1 aromatic heterocycles. The third-order valence-electron chi connectivity index (χ3n) is 5.39. The lowest BCUT2D eigenvalue weighted by atomic mass is 9.96. The first-order chi connectivity index (χ1) is 12.3. The van der Waals surface area contributed by atoms with Crippen LogP contribution >= 0.6 is 0 Å². The Morgan fingerprint density at radius 1 is 1.16 bits per heavy atom. The van der Waals surface area contributed by atoms with E-state index < -0.39 is 0 Å². The molecular formula is C20H27N3O2. The van der Waals surface area contributed by atoms with Gasteiger partial charge in [0.25, 0.3) is 0 Å². The van der Waals surface area contributed by atoms with Crippen LogP contribution in [0.3, 0.4) is 0 Å². The van der Waals surface area contributed by atoms with E-state index in [1.54, 1.807) is 0 Å². The second kappa shape index (κ2) is 7.68. The van der Waals surface area contributed by atoms with E-state index in [2.05, 4.69) is 28.0 Å². The third kappa shape index (κ3) is 3.78. The fraction of sp³-hybridized carbons (Fsp3) is 0.550. The van der Waals surface area contributed by atoms with Gasteiger partial charge in [0.1, 0.15) is 5.82 Å². The molecule has 4 rings (SSSR count). The van der Waals surface area contributed by atoms with Crippen LogP contribution in [0, 0.1) is 5.92 Å². The lowest BCUT2D eigenvalue weighted by Gasteiger charge is -2.38. The number of fused-ring (bicyclic) bond motifs is 1. The Morgan fingerprint density at radius 2 is 2.00 bits per heavy atom. The van der Waals surface area contributed by atoms with Crippen LogP contribution in [0.15, 0.2) is 30.3 Å². The van der Waals surface area contributed by atoms with Crippen LogP contribution in [0.4, 0.5) is 5.82 Å². The van der Waals surface area contributed by atoms with Crippen molar-refractivity contribution in [3.05, 3.63) is 35.9 Å². The average molecular weight is 341 g/mol. The summed E-state index contributed by atoms with van der Waals surface area (Å²) in [5.74, 6) is 1.62. The number of piperidine rings is 1. The zero-order chi connectivity index (χ0) is 17.1. The highest BCUT2D eigenvalue weighted by Gasteiger charge is 2.25. The molecule has 134 valence electrons. The number of anilines is 1. The maximum Gasteiger partial charge on any atom is 0.134 e. The summed E-state index contributed by atoms with van der Waals surface area (Å²) in [6, 6.07) is 10.2. The van der Waals surface area contributed by atoms with Gasteiger partial charge in [0.05, 0.1) is 25.3 Å². The zero-order valence-electron chi connectivity index (χ0n) is 14.7. The topological polar surface area (TPSA) is 48.8 Å². The molecule has 2 saturated heterocycles. The van der Waals surface area contributed by atoms with Gasteiger partial charge in [-0.15, -0.1) is 0 Å². The number of morpholine rings is 1. The van der Waals surface area contributed by atoms with Crippen molar-refractivity contribution >= 4 is 16.7 Å². The highest BCUT2D eigenvalue weighted by atomic mass is 16.5. The summed E-state index contributed by atoms with van der Waals surface area (Å²) >= 11 is 0. The smallest absolute Gasteiger partial charge is 0.134 e. The van der Waals surface area contributed by atoms with Gasteiger partial charge in [-0.1, -0.05) is 18.2 Å². The minimum Gasteiger partial charge on any atom is -0.392 e. The Morgan fingerprint density at radius 3 is 2.84 bits per heavy atom. The van der Waals surface area contributed by atoms with Crippen LogP contribution in [0.5, 0.6) is 0 Å². The van der Waals surface area contributed by atoms with Crippen LogP contribution in [-0.4, -0.2) is 60.9 Å². The van der Waals surface area contributed by atoms with E-state index in [0.717, 1.165) is 68.2 Å². The van der Waals surface area contributed by atoms with Crippen LogP contribution in [0.2, 0.25) is 0 Å². The fourth-order valence-corrected chi connectivity index (χ4v) is 4.10. The van der Waals surface area contributed by atoms with E-state index in [-0.39, 0.29) is 6.61 Å². The van der Waals surface area contributed by atoms with Crippen molar-refractivity contribution in [1.82, 2.24) is 9.88 Å². The van der Waals surface area contributed by atoms with E-state index in [1.807, 2.05) is 12.1 Å². The SMILES string of the molecule is OCc1cc2ccccc2nc1N1CCC[C@H](CN2CCOCC2)C1. The monoisotopic (exact) mass is 341 g/mol. The molecule has 25 heavy (non-hydrogen) atoms. The molecule has 0 spiro atoms. The maximum atomic E-state index is 9.85. The Balaban J connectivity index is 1.53. The summed E-state index contributed by atoms with van der Waals surface area (Å²) in [6.07, 6.45) is 2.46. The number of aliphatic hydroxyl groups is 1. The Bertz CT molecular complexity index is 715. The number of aromatic nitrogens is 1. The highest BCUT2D eigenvalue weighted by Crippen LogP contribution is 2.28. The summed E-state index contributed by atoms with van der Waals surface area (Å²) in [6.45, 7) is 7.04. The molecule has 0 saturated carbocycles. The molecule has 0 radical (unpaired) electrons. The highest BCUT2D eigenvalue weighted by molar-refractivity contribution is 5.81. The van der Waals surface area contributed by atoms with E-state index in [4.69, 9.17) is 9.72 Å². The molecule has 2 fully saturated rings. The van der Waals surface area contributed by atoms with Gasteiger partial charge >= 0.3 is 0 Å². The van der Waals surface area contributed by atoms with E-state index in [9.17, 15) is 5.11 Å². The molecule has 0 bridgehead atoms. The number of aliphatic hydroxyl groups excluding tert-OH is 1. The van der Waals surface area contributed by atoms with Gasteiger partial charge in [-0.3, -0.25) is 4.90 Å². The van der Waals surface area contributed by atoms with E-state index in [1.165, 1.54) is 12.8 Å². The molecule has 2 aromatic rings. The molecule has 5 heteroatoms. The number of para-hydroxylation sites is 1. The summed E-state index contributed by atoms with van der Waals surface area (Å²) in [5.41, 5.74) is 1.94. The number of ether oxygens (including phenoxy) is 1. The molecule has 3 heterocycles. The van der Waals surface area contributed by atoms with Gasteiger partial charge in [0.2, 0.25) is 0 Å². The average Bonchev–Trinajstić information content (AvgIpc) is 2.68. The number of nitrogens with zero attached hydrogens (tertiary/aromatic N) is 3. The summed E-state index contributed by atoms with van der Waals surface area (Å²) in [5, 5.41) is 10.9. The standard InChI is InChI=1S/C20H27N3O2/c24-15-18-12-17-5-1-2-6-19(17)21-20(18)23-7-3-4-16(14-23)13-22-8-10-25-11-9-22/h1-2,5-6,12,16,24H,3-4,7-11,13-15H2/t16-/m1/s1. The maximum absolute atomic E-state index is 9.85. The molecule has 5 nitrogen and oxygen atoms in total. The van der Waals surface area contributed by atoms with E-state index >= 15 is 0 Å². The predicted octanol–water partition coefficient (Wildman–Crippen LogP) is 2.28. The number of hydrogen-bond acceptors (Lipinski definition) is 5. The first kappa shape index (κ1) is 16.8. The van der Waals surface area contributed by atoms with Crippen molar-refractivity contribution in [3.63, 3.8) is 0 Å². The molecule has 0 amide bonds. The fourth-order valence-electron chi connectivity index (χ4n) is 4.10. The Hall–Kier alpha value is -1.69. The van der Waals surface area contributed by atoms with Crippen LogP contribution < -0.4 is 4.90 Å². The summed E-state index contributed by atoms with van der Waals surface area (Å²) < 4.78 is 5.46. The van der Waals surface area contributed by atoms with Gasteiger partial charge in [-0.25, -0.2) is 4.98 Å². The van der Waals surface area contributed by atoms with Gasteiger partial charge in [0, 0.05) is 43.7 Å². The molecular weight excluding hydrogens is 314 g/mol. The zero-order valence-corrected chi connectivity index (χ0v) is 14.7. The normalized spacial score (nSPS) is 22.4. The van der Waals surface area contributed by atoms with Crippen LogP contribution in [-0.2, 0) is 11.3 Å². The number of benzene rings is 1. The summed E-state index contributed by atoms with van der Waals surface area (Å²) in [4.78, 5) is 9.79. The lowest BCUT2D eigenvalue weighted by molar-refractivity contribution is 0.0296. The van der Waals surface area contributed by atoms with Crippen molar-refractivity contribution in [1.29, 1.82) is 0 Å². The molecule has 0 unspecified atom stereocenters. The summed E-state index contributed by atoms with van der Waals surface area (Å²) in [7, 11) is 0. The van der Waals surface area contributed by atoms with Crippen molar-refractivity contribution in [2.75, 3.05) is 50.8 Å². The second-order valence-corrected chi connectivity index (χ2v) is 7.19. The number of hydrogen-bond donors (Lipinski definition) is 1. The Labute approximate surface area is 149 Å². The molecule has 2 aliphatic heterocycles. The third-order valence-corrected chi connectivity index (χ3v) is 5.39. The number of pyridine rings is 1. The van der Waals surface area contributed by atoms with Crippen LogP contribution in [0.1, 0.15) is 18.4 Å². The molecule has 1 atom stereocenters. The van der Waals surface area contributed by atoms with Crippen molar-refractivity contribution in [2.24, 2.45) is 5.92 Å². The second-order valence-electron chi connectivity index (χ2n) is 7.19. The first-order valence-electron chi connectivity index (χ1n) is 9.38. The number of rotatable bonds is 4. The molecule has 0 aliphatic carbocycles. The molecule has 2 aliphatic rings. The Kier molecular flexibility index (Phi) is 5.15. The quantitative estimate of drug-likeness (QED) is 0.924. The van der Waals surface area contributed by atoms with Gasteiger partial charge in [-0.05, 0) is 30.9 Å². The first-order valence-corrected chi connectivity index (χ1v) is 9.38. The van der Waals surface area contributed by atoms with Crippen molar-refractivity contribution in [3.8, 4) is 0 Å². The molecule has 1 N–H and O–H groups in total. The van der Waals surface area contributed by atoms with E-state index in [0.29, 0.717) is 5.92 Å². The van der Waals surface area contributed by atoms with Crippen LogP contribution in [0.25, 0.3) is 10.9 Å². The largest absolute Gasteiger partial charge is 0.392 e. The van der Waals surface area contributed by atoms with Gasteiger partial charge in [-0.2, -0.15) is 0 Å². The van der Waals surface area contributed by atoms with Crippen molar-refractivity contribution < 1.29 is 9.84 Å². The van der Waals surface area contributed by atoms with Gasteiger partial charge < -0.3 is 14.7 Å². The molecule has 1 aromatic carbocycles. The lowest BCUT2D eigenvalue weighted by Crippen LogP contribution is -2.45. The predicted molar refractivity (Wildman–Crippen MR) is 99.9 cm³/mol. The van der Waals surface area contributed by atoms with Crippen molar-refractivity contribution in [2.45, 2.75) is 19.4 Å². The minimum atomic E-state index is 0.0395. The van der Waals surface area contributed by atoms with Gasteiger partial charge in [0.15, 0.2) is 0 Å². The minimum absolute atomic E-state index is 0.0395.